The van der Waals surface area contributed by atoms with Crippen molar-refractivity contribution in [3.63, 3.8) is 0 Å². The second-order valence-corrected chi connectivity index (χ2v) is 7.21. The minimum atomic E-state index is -1.33. The highest BCUT2D eigenvalue weighted by Gasteiger charge is 2.19. The minimum Gasteiger partial charge on any atom is -0.456 e. The molecule has 0 spiro atoms. The molecular formula is C20H22N2O6. The number of hydrogen-bond donors (Lipinski definition) is 2. The number of rotatable bonds is 6. The van der Waals surface area contributed by atoms with Crippen LogP contribution in [0.3, 0.4) is 0 Å². The Morgan fingerprint density at radius 2 is 1.68 bits per heavy atom. The quantitative estimate of drug-likeness (QED) is 0.447. The molecule has 0 aliphatic rings. The van der Waals surface area contributed by atoms with Crippen LogP contribution in [0.2, 0.25) is 0 Å². The van der Waals surface area contributed by atoms with E-state index in [2.05, 4.69) is 5.32 Å². The fourth-order valence-electron chi connectivity index (χ4n) is 2.32. The van der Waals surface area contributed by atoms with Gasteiger partial charge in [0, 0.05) is 24.2 Å². The number of ether oxygens (including phenoxy) is 1. The molecule has 0 saturated carbocycles. The normalized spacial score (nSPS) is 12.1. The molecule has 0 aliphatic heterocycles. The molecule has 28 heavy (non-hydrogen) atoms. The Bertz CT molecular complexity index is 854. The Morgan fingerprint density at radius 1 is 1.11 bits per heavy atom. The van der Waals surface area contributed by atoms with Crippen molar-refractivity contribution in [3.8, 4) is 0 Å². The van der Waals surface area contributed by atoms with Crippen LogP contribution >= 0.6 is 0 Å². The van der Waals surface area contributed by atoms with E-state index in [4.69, 9.17) is 4.74 Å². The molecule has 0 aliphatic carbocycles. The molecule has 0 saturated heterocycles. The highest BCUT2D eigenvalue weighted by molar-refractivity contribution is 5.95. The van der Waals surface area contributed by atoms with Crippen LogP contribution in [0.1, 0.15) is 36.7 Å². The minimum absolute atomic E-state index is 0.0137. The van der Waals surface area contributed by atoms with E-state index in [0.717, 1.165) is 0 Å². The number of hydrogen-bond acceptors (Lipinski definition) is 6. The van der Waals surface area contributed by atoms with Gasteiger partial charge in [-0.05, 0) is 50.6 Å². The lowest BCUT2D eigenvalue weighted by molar-refractivity contribution is -0.384. The topological polar surface area (TPSA) is 119 Å². The van der Waals surface area contributed by atoms with Crippen LogP contribution in [0.5, 0.6) is 0 Å². The first-order chi connectivity index (χ1) is 13.0. The van der Waals surface area contributed by atoms with Gasteiger partial charge in [0.05, 0.1) is 10.5 Å². The summed E-state index contributed by atoms with van der Waals surface area (Å²) in [5, 5.41) is 23.3. The lowest BCUT2D eigenvalue weighted by Crippen LogP contribution is -2.29. The van der Waals surface area contributed by atoms with Gasteiger partial charge in [0.1, 0.15) is 11.7 Å². The van der Waals surface area contributed by atoms with Gasteiger partial charge >= 0.3 is 5.97 Å². The predicted molar refractivity (Wildman–Crippen MR) is 103 cm³/mol. The van der Waals surface area contributed by atoms with Gasteiger partial charge in [-0.15, -0.1) is 0 Å². The number of anilines is 1. The van der Waals surface area contributed by atoms with Gasteiger partial charge in [-0.3, -0.25) is 14.9 Å². The summed E-state index contributed by atoms with van der Waals surface area (Å²) >= 11 is 0. The number of nitro groups is 1. The maximum absolute atomic E-state index is 12.1. The number of aliphatic hydroxyl groups is 1. The van der Waals surface area contributed by atoms with E-state index in [0.29, 0.717) is 16.8 Å². The maximum atomic E-state index is 12.1. The molecule has 8 heteroatoms. The zero-order valence-corrected chi connectivity index (χ0v) is 15.8. The van der Waals surface area contributed by atoms with Crippen molar-refractivity contribution in [2.24, 2.45) is 0 Å². The van der Waals surface area contributed by atoms with Crippen LogP contribution in [-0.4, -0.2) is 33.6 Å². The molecule has 0 radical (unpaired) electrons. The highest BCUT2D eigenvalue weighted by atomic mass is 16.6. The monoisotopic (exact) mass is 386 g/mol. The number of carbonyl (C=O) groups excluding carboxylic acids is 2. The van der Waals surface area contributed by atoms with Crippen LogP contribution in [0, 0.1) is 10.1 Å². The van der Waals surface area contributed by atoms with E-state index in [1.165, 1.54) is 48.5 Å². The first-order valence-electron chi connectivity index (χ1n) is 8.61. The molecule has 2 rings (SSSR count). The standard InChI is InChI=1S/C20H22N2O6/c1-20(2,3)28-19(25)14-6-8-15(9-7-14)21-18(24)17(23)12-13-4-10-16(11-5-13)22(26)27/h4-11,17,23H,12H2,1-3H3,(H,21,24). The van der Waals surface area contributed by atoms with Gasteiger partial charge in [0.15, 0.2) is 0 Å². The highest BCUT2D eigenvalue weighted by Crippen LogP contribution is 2.16. The smallest absolute Gasteiger partial charge is 0.338 e. The Balaban J connectivity index is 1.94. The molecule has 0 heterocycles. The van der Waals surface area contributed by atoms with E-state index in [-0.39, 0.29) is 12.1 Å². The second kappa shape index (κ2) is 8.62. The van der Waals surface area contributed by atoms with E-state index >= 15 is 0 Å². The van der Waals surface area contributed by atoms with Crippen LogP contribution in [-0.2, 0) is 16.0 Å². The van der Waals surface area contributed by atoms with Crippen molar-refractivity contribution in [1.29, 1.82) is 0 Å². The fourth-order valence-corrected chi connectivity index (χ4v) is 2.32. The Morgan fingerprint density at radius 3 is 2.18 bits per heavy atom. The predicted octanol–water partition coefficient (Wildman–Crippen LogP) is 3.09. The first kappa shape index (κ1) is 21.0. The van der Waals surface area contributed by atoms with Crippen molar-refractivity contribution in [1.82, 2.24) is 0 Å². The molecule has 0 aromatic heterocycles. The first-order valence-corrected chi connectivity index (χ1v) is 8.61. The number of nitro benzene ring substituents is 1. The second-order valence-electron chi connectivity index (χ2n) is 7.21. The summed E-state index contributed by atoms with van der Waals surface area (Å²) in [6.07, 6.45) is -1.31. The van der Waals surface area contributed by atoms with Gasteiger partial charge in [0.2, 0.25) is 0 Å². The molecule has 0 bridgehead atoms. The summed E-state index contributed by atoms with van der Waals surface area (Å²) in [5.74, 6) is -1.09. The average Bonchev–Trinajstić information content (AvgIpc) is 2.61. The van der Waals surface area contributed by atoms with Crippen LogP contribution in [0.15, 0.2) is 48.5 Å². The van der Waals surface area contributed by atoms with Crippen molar-refractivity contribution < 1.29 is 24.4 Å². The van der Waals surface area contributed by atoms with E-state index in [1.807, 2.05) is 0 Å². The third kappa shape index (κ3) is 6.17. The van der Waals surface area contributed by atoms with E-state index < -0.39 is 28.5 Å². The van der Waals surface area contributed by atoms with E-state index in [1.54, 1.807) is 20.8 Å². The Kier molecular flexibility index (Phi) is 6.48. The molecule has 1 atom stereocenters. The molecule has 8 nitrogen and oxygen atoms in total. The molecule has 1 unspecified atom stereocenters. The van der Waals surface area contributed by atoms with E-state index in [9.17, 15) is 24.8 Å². The number of nitrogens with one attached hydrogen (secondary N) is 1. The summed E-state index contributed by atoms with van der Waals surface area (Å²) in [4.78, 5) is 34.2. The van der Waals surface area contributed by atoms with Crippen molar-refractivity contribution in [3.05, 3.63) is 69.8 Å². The number of amides is 1. The molecule has 2 aromatic rings. The van der Waals surface area contributed by atoms with Crippen LogP contribution in [0.25, 0.3) is 0 Å². The summed E-state index contributed by atoms with van der Waals surface area (Å²) in [7, 11) is 0. The molecule has 0 fully saturated rings. The van der Waals surface area contributed by atoms with Gasteiger partial charge < -0.3 is 15.2 Å². The van der Waals surface area contributed by atoms with Gasteiger partial charge in [-0.25, -0.2) is 4.79 Å². The molecule has 1 amide bonds. The summed E-state index contributed by atoms with van der Waals surface area (Å²) in [6, 6.07) is 11.7. The SMILES string of the molecule is CC(C)(C)OC(=O)c1ccc(NC(=O)C(O)Cc2ccc([N+](=O)[O-])cc2)cc1. The summed E-state index contributed by atoms with van der Waals surface area (Å²) < 4.78 is 5.26. The summed E-state index contributed by atoms with van der Waals surface area (Å²) in [6.45, 7) is 5.31. The number of carbonyl (C=O) groups is 2. The number of esters is 1. The number of benzene rings is 2. The number of non-ortho nitro benzene ring substituents is 1. The maximum Gasteiger partial charge on any atom is 0.338 e. The molecule has 2 aromatic carbocycles. The van der Waals surface area contributed by atoms with Crippen molar-refractivity contribution in [2.75, 3.05) is 5.32 Å². The Hall–Kier alpha value is -3.26. The lowest BCUT2D eigenvalue weighted by atomic mass is 10.1. The van der Waals surface area contributed by atoms with Gasteiger partial charge in [0.25, 0.3) is 11.6 Å². The fraction of sp³-hybridized carbons (Fsp3) is 0.300. The van der Waals surface area contributed by atoms with Crippen molar-refractivity contribution in [2.45, 2.75) is 38.9 Å². The third-order valence-electron chi connectivity index (χ3n) is 3.67. The molecule has 2 N–H and O–H groups in total. The molecular weight excluding hydrogens is 364 g/mol. The number of nitrogens with zero attached hydrogens (tertiary/aromatic N) is 1. The summed E-state index contributed by atoms with van der Waals surface area (Å²) in [5.41, 5.74) is 0.687. The largest absolute Gasteiger partial charge is 0.456 e. The number of aliphatic hydroxyl groups excluding tert-OH is 1. The van der Waals surface area contributed by atoms with Crippen molar-refractivity contribution >= 4 is 23.3 Å². The van der Waals surface area contributed by atoms with Gasteiger partial charge in [-0.1, -0.05) is 12.1 Å². The van der Waals surface area contributed by atoms with Crippen LogP contribution in [0.4, 0.5) is 11.4 Å². The zero-order chi connectivity index (χ0) is 20.9. The average molecular weight is 386 g/mol. The van der Waals surface area contributed by atoms with Gasteiger partial charge in [-0.2, -0.15) is 0 Å². The van der Waals surface area contributed by atoms with Crippen LogP contribution < -0.4 is 5.32 Å². The lowest BCUT2D eigenvalue weighted by Gasteiger charge is -2.19. The zero-order valence-electron chi connectivity index (χ0n) is 15.8. The third-order valence-corrected chi connectivity index (χ3v) is 3.67. The Labute approximate surface area is 162 Å². The molecule has 148 valence electrons.